The largest absolute Gasteiger partial charge is 0.315 e. The van der Waals surface area contributed by atoms with Gasteiger partial charge in [-0.2, -0.15) is 0 Å². The van der Waals surface area contributed by atoms with Crippen LogP contribution in [0.25, 0.3) is 0 Å². The first kappa shape index (κ1) is 13.3. The molecule has 0 aliphatic carbocycles. The summed E-state index contributed by atoms with van der Waals surface area (Å²) in [7, 11) is 0. The highest BCUT2D eigenvalue weighted by Gasteiger charge is 2.33. The molecule has 17 heavy (non-hydrogen) atoms. The van der Waals surface area contributed by atoms with Crippen LogP contribution in [0.3, 0.4) is 0 Å². The van der Waals surface area contributed by atoms with E-state index in [2.05, 4.69) is 35.9 Å². The Bertz CT molecular complexity index is 230. The van der Waals surface area contributed by atoms with E-state index in [0.29, 0.717) is 0 Å². The average Bonchev–Trinajstić information content (AvgIpc) is 2.71. The van der Waals surface area contributed by atoms with Crippen LogP contribution in [0.4, 0.5) is 0 Å². The lowest BCUT2D eigenvalue weighted by molar-refractivity contribution is 0.0603. The number of hydrogen-bond donors (Lipinski definition) is 1. The van der Waals surface area contributed by atoms with Crippen LogP contribution in [-0.4, -0.2) is 61.2 Å². The van der Waals surface area contributed by atoms with Crippen molar-refractivity contribution in [2.45, 2.75) is 45.7 Å². The Morgan fingerprint density at radius 3 is 2.88 bits per heavy atom. The summed E-state index contributed by atoms with van der Waals surface area (Å²) in [4.78, 5) is 5.38. The average molecular weight is 239 g/mol. The van der Waals surface area contributed by atoms with Gasteiger partial charge in [0.1, 0.15) is 0 Å². The standard InChI is InChI=1S/C14H29N3/c1-12(2)9-15-6-8-16-11-14-5-4-7-17(14)10-13(16)3/h12-15H,4-11H2,1-3H3. The maximum atomic E-state index is 3.56. The summed E-state index contributed by atoms with van der Waals surface area (Å²) in [6, 6.07) is 1.60. The smallest absolute Gasteiger partial charge is 0.0224 e. The van der Waals surface area contributed by atoms with Gasteiger partial charge in [0.25, 0.3) is 0 Å². The van der Waals surface area contributed by atoms with E-state index in [0.717, 1.165) is 31.1 Å². The fraction of sp³-hybridized carbons (Fsp3) is 1.00. The molecule has 2 unspecified atom stereocenters. The molecule has 0 spiro atoms. The second kappa shape index (κ2) is 6.17. The van der Waals surface area contributed by atoms with Gasteiger partial charge in [0.15, 0.2) is 0 Å². The fourth-order valence-corrected chi connectivity index (χ4v) is 3.17. The Morgan fingerprint density at radius 2 is 2.12 bits per heavy atom. The summed E-state index contributed by atoms with van der Waals surface area (Å²) >= 11 is 0. The van der Waals surface area contributed by atoms with E-state index >= 15 is 0 Å². The summed E-state index contributed by atoms with van der Waals surface area (Å²) in [5.74, 6) is 0.763. The molecule has 0 aromatic rings. The highest BCUT2D eigenvalue weighted by molar-refractivity contribution is 4.90. The number of rotatable bonds is 5. The molecule has 1 N–H and O–H groups in total. The van der Waals surface area contributed by atoms with Crippen molar-refractivity contribution in [2.24, 2.45) is 5.92 Å². The van der Waals surface area contributed by atoms with Crippen LogP contribution in [0.5, 0.6) is 0 Å². The highest BCUT2D eigenvalue weighted by Crippen LogP contribution is 2.23. The molecule has 0 saturated carbocycles. The summed E-state index contributed by atoms with van der Waals surface area (Å²) in [5, 5.41) is 3.56. The van der Waals surface area contributed by atoms with Crippen molar-refractivity contribution in [2.75, 3.05) is 39.3 Å². The first-order valence-electron chi connectivity index (χ1n) is 7.35. The first-order valence-corrected chi connectivity index (χ1v) is 7.35. The number of hydrogen-bond acceptors (Lipinski definition) is 3. The maximum Gasteiger partial charge on any atom is 0.0224 e. The molecular formula is C14H29N3. The zero-order valence-electron chi connectivity index (χ0n) is 11.8. The predicted octanol–water partition coefficient (Wildman–Crippen LogP) is 1.40. The van der Waals surface area contributed by atoms with Crippen molar-refractivity contribution in [3.63, 3.8) is 0 Å². The minimum Gasteiger partial charge on any atom is -0.315 e. The first-order chi connectivity index (χ1) is 8.16. The summed E-state index contributed by atoms with van der Waals surface area (Å²) in [5.41, 5.74) is 0. The monoisotopic (exact) mass is 239 g/mol. The summed E-state index contributed by atoms with van der Waals surface area (Å²) < 4.78 is 0. The second-order valence-electron chi connectivity index (χ2n) is 6.23. The van der Waals surface area contributed by atoms with E-state index in [9.17, 15) is 0 Å². The SMILES string of the molecule is CC(C)CNCCN1CC2CCCN2CC1C. The normalized spacial score (nSPS) is 31.1. The topological polar surface area (TPSA) is 18.5 Å². The molecule has 3 heteroatoms. The lowest BCUT2D eigenvalue weighted by Crippen LogP contribution is -2.56. The van der Waals surface area contributed by atoms with Gasteiger partial charge in [0.05, 0.1) is 0 Å². The molecular weight excluding hydrogens is 210 g/mol. The van der Waals surface area contributed by atoms with Crippen LogP contribution in [0, 0.1) is 5.92 Å². The number of piperazine rings is 1. The Kier molecular flexibility index (Phi) is 4.83. The Morgan fingerprint density at radius 1 is 1.29 bits per heavy atom. The van der Waals surface area contributed by atoms with Gasteiger partial charge in [-0.15, -0.1) is 0 Å². The third-order valence-corrected chi connectivity index (χ3v) is 4.19. The minimum absolute atomic E-state index is 0.741. The zero-order valence-corrected chi connectivity index (χ0v) is 11.8. The fourth-order valence-electron chi connectivity index (χ4n) is 3.17. The van der Waals surface area contributed by atoms with Gasteiger partial charge in [-0.3, -0.25) is 9.80 Å². The molecule has 2 fully saturated rings. The Labute approximate surface area is 107 Å². The number of nitrogens with zero attached hydrogens (tertiary/aromatic N) is 2. The highest BCUT2D eigenvalue weighted by atomic mass is 15.3. The van der Waals surface area contributed by atoms with Crippen molar-refractivity contribution >= 4 is 0 Å². The quantitative estimate of drug-likeness (QED) is 0.732. The van der Waals surface area contributed by atoms with Crippen molar-refractivity contribution in [1.82, 2.24) is 15.1 Å². The van der Waals surface area contributed by atoms with Crippen LogP contribution >= 0.6 is 0 Å². The van der Waals surface area contributed by atoms with E-state index < -0.39 is 0 Å². The van der Waals surface area contributed by atoms with Crippen molar-refractivity contribution in [3.05, 3.63) is 0 Å². The van der Waals surface area contributed by atoms with Crippen molar-refractivity contribution < 1.29 is 0 Å². The molecule has 0 radical (unpaired) electrons. The van der Waals surface area contributed by atoms with E-state index in [4.69, 9.17) is 0 Å². The molecule has 0 aromatic carbocycles. The van der Waals surface area contributed by atoms with Crippen molar-refractivity contribution in [1.29, 1.82) is 0 Å². The number of fused-ring (bicyclic) bond motifs is 1. The lowest BCUT2D eigenvalue weighted by atomic mass is 10.1. The second-order valence-corrected chi connectivity index (χ2v) is 6.23. The third kappa shape index (κ3) is 3.67. The van der Waals surface area contributed by atoms with Gasteiger partial charge < -0.3 is 5.32 Å². The van der Waals surface area contributed by atoms with Gasteiger partial charge in [0, 0.05) is 38.3 Å². The lowest BCUT2D eigenvalue weighted by Gasteiger charge is -2.42. The molecule has 3 nitrogen and oxygen atoms in total. The molecule has 2 rings (SSSR count). The molecule has 2 aliphatic heterocycles. The van der Waals surface area contributed by atoms with Gasteiger partial charge in [0.2, 0.25) is 0 Å². The minimum atomic E-state index is 0.741. The van der Waals surface area contributed by atoms with Gasteiger partial charge in [-0.05, 0) is 38.8 Å². The maximum absolute atomic E-state index is 3.56. The van der Waals surface area contributed by atoms with E-state index in [1.807, 2.05) is 0 Å². The van der Waals surface area contributed by atoms with E-state index in [-0.39, 0.29) is 0 Å². The molecule has 2 heterocycles. The Balaban J connectivity index is 1.69. The molecule has 2 saturated heterocycles. The van der Waals surface area contributed by atoms with E-state index in [1.165, 1.54) is 39.0 Å². The third-order valence-electron chi connectivity index (χ3n) is 4.19. The molecule has 2 atom stereocenters. The van der Waals surface area contributed by atoms with Crippen LogP contribution in [0.1, 0.15) is 33.6 Å². The molecule has 2 aliphatic rings. The van der Waals surface area contributed by atoms with Crippen LogP contribution in [0.15, 0.2) is 0 Å². The van der Waals surface area contributed by atoms with Crippen LogP contribution < -0.4 is 5.32 Å². The van der Waals surface area contributed by atoms with Gasteiger partial charge in [-0.25, -0.2) is 0 Å². The zero-order chi connectivity index (χ0) is 12.3. The number of nitrogens with one attached hydrogen (secondary N) is 1. The Hall–Kier alpha value is -0.120. The van der Waals surface area contributed by atoms with Gasteiger partial charge >= 0.3 is 0 Å². The molecule has 0 aromatic heterocycles. The summed E-state index contributed by atoms with van der Waals surface area (Å²) in [6.07, 6.45) is 2.83. The van der Waals surface area contributed by atoms with Crippen molar-refractivity contribution in [3.8, 4) is 0 Å². The molecule has 0 bridgehead atoms. The molecule has 100 valence electrons. The molecule has 0 amide bonds. The van der Waals surface area contributed by atoms with E-state index in [1.54, 1.807) is 0 Å². The van der Waals surface area contributed by atoms with Crippen LogP contribution in [0.2, 0.25) is 0 Å². The summed E-state index contributed by atoms with van der Waals surface area (Å²) in [6.45, 7) is 14.4. The van der Waals surface area contributed by atoms with Crippen LogP contribution in [-0.2, 0) is 0 Å². The van der Waals surface area contributed by atoms with Gasteiger partial charge in [-0.1, -0.05) is 13.8 Å². The predicted molar refractivity (Wildman–Crippen MR) is 73.3 cm³/mol.